The van der Waals surface area contributed by atoms with Gasteiger partial charge in [0.15, 0.2) is 0 Å². The second-order valence-corrected chi connectivity index (χ2v) is 10.3. The van der Waals surface area contributed by atoms with Gasteiger partial charge in [0, 0.05) is 11.8 Å². The highest BCUT2D eigenvalue weighted by Gasteiger charge is 2.34. The fourth-order valence-corrected chi connectivity index (χ4v) is 6.12. The van der Waals surface area contributed by atoms with Crippen molar-refractivity contribution >= 4 is 5.52 Å². The lowest BCUT2D eigenvalue weighted by Crippen LogP contribution is -2.21. The SMILES string of the molecule is O[C@@H](c1c(C2CC2)ccn2cncc12)C1CCC(c2ccc(OC3CCCC3)cc2)CC1. The molecule has 0 amide bonds. The first-order valence-corrected chi connectivity index (χ1v) is 12.7. The zero-order chi connectivity index (χ0) is 21.5. The number of rotatable bonds is 6. The highest BCUT2D eigenvalue weighted by molar-refractivity contribution is 5.59. The van der Waals surface area contributed by atoms with Crippen molar-refractivity contribution in [2.24, 2.45) is 5.92 Å². The Kier molecular flexibility index (Phi) is 5.42. The molecule has 3 aromatic rings. The number of fused-ring (bicyclic) bond motifs is 1. The van der Waals surface area contributed by atoms with Crippen molar-refractivity contribution in [2.45, 2.75) is 88.3 Å². The Labute approximate surface area is 190 Å². The number of hydrogen-bond donors (Lipinski definition) is 1. The summed E-state index contributed by atoms with van der Waals surface area (Å²) >= 11 is 0. The minimum absolute atomic E-state index is 0.329. The lowest BCUT2D eigenvalue weighted by molar-refractivity contribution is 0.0810. The number of aromatic nitrogens is 2. The number of nitrogens with zero attached hydrogens (tertiary/aromatic N) is 2. The second kappa shape index (κ2) is 8.55. The summed E-state index contributed by atoms with van der Waals surface area (Å²) in [6.45, 7) is 0. The van der Waals surface area contributed by atoms with Crippen molar-refractivity contribution in [1.29, 1.82) is 0 Å². The van der Waals surface area contributed by atoms with Crippen LogP contribution in [-0.4, -0.2) is 20.6 Å². The summed E-state index contributed by atoms with van der Waals surface area (Å²) in [7, 11) is 0. The minimum Gasteiger partial charge on any atom is -0.490 e. The van der Waals surface area contributed by atoms with E-state index in [0.717, 1.165) is 42.5 Å². The van der Waals surface area contributed by atoms with Crippen molar-refractivity contribution in [3.63, 3.8) is 0 Å². The fourth-order valence-electron chi connectivity index (χ4n) is 6.12. The number of aliphatic hydroxyl groups excluding tert-OH is 1. The zero-order valence-corrected chi connectivity index (χ0v) is 18.8. The van der Waals surface area contributed by atoms with Gasteiger partial charge >= 0.3 is 0 Å². The summed E-state index contributed by atoms with van der Waals surface area (Å²) in [5.74, 6) is 2.56. The fraction of sp³-hybridized carbons (Fsp3) is 0.536. The monoisotopic (exact) mass is 430 g/mol. The van der Waals surface area contributed by atoms with E-state index in [9.17, 15) is 5.11 Å². The van der Waals surface area contributed by atoms with Crippen molar-refractivity contribution < 1.29 is 9.84 Å². The van der Waals surface area contributed by atoms with Crippen LogP contribution >= 0.6 is 0 Å². The molecule has 4 heteroatoms. The number of ether oxygens (including phenoxy) is 1. The maximum absolute atomic E-state index is 11.5. The molecule has 3 fully saturated rings. The number of benzene rings is 1. The van der Waals surface area contributed by atoms with Gasteiger partial charge in [0.05, 0.1) is 30.2 Å². The summed E-state index contributed by atoms with van der Waals surface area (Å²) in [5.41, 5.74) is 5.00. The molecule has 3 aliphatic rings. The molecule has 0 bridgehead atoms. The Morgan fingerprint density at radius 1 is 0.875 bits per heavy atom. The van der Waals surface area contributed by atoms with E-state index in [1.807, 2.05) is 12.5 Å². The third kappa shape index (κ3) is 3.94. The highest BCUT2D eigenvalue weighted by atomic mass is 16.5. The molecule has 1 atom stereocenters. The van der Waals surface area contributed by atoms with Crippen LogP contribution in [-0.2, 0) is 0 Å². The molecule has 168 valence electrons. The van der Waals surface area contributed by atoms with Crippen LogP contribution in [0.1, 0.15) is 98.8 Å². The Morgan fingerprint density at radius 3 is 2.31 bits per heavy atom. The van der Waals surface area contributed by atoms with E-state index in [1.54, 1.807) is 0 Å². The van der Waals surface area contributed by atoms with E-state index < -0.39 is 6.10 Å². The molecule has 3 aliphatic carbocycles. The first-order chi connectivity index (χ1) is 15.8. The van der Waals surface area contributed by atoms with Crippen molar-refractivity contribution in [1.82, 2.24) is 9.38 Å². The minimum atomic E-state index is -0.394. The van der Waals surface area contributed by atoms with Gasteiger partial charge in [0.25, 0.3) is 0 Å². The molecule has 0 spiro atoms. The standard InChI is InChI=1S/C28H34N2O2/c31-28(27-25(21-7-8-21)15-16-30-18-29-17-26(27)30)22-9-5-19(6-10-22)20-11-13-24(14-12-20)32-23-3-1-2-4-23/h11-19,21-23,28,31H,1-10H2/t19?,22?,28-/m1/s1. The molecule has 0 radical (unpaired) electrons. The lowest BCUT2D eigenvalue weighted by Gasteiger charge is -2.33. The summed E-state index contributed by atoms with van der Waals surface area (Å²) in [4.78, 5) is 4.34. The van der Waals surface area contributed by atoms with Crippen molar-refractivity contribution in [3.8, 4) is 5.75 Å². The molecule has 4 nitrogen and oxygen atoms in total. The van der Waals surface area contributed by atoms with E-state index in [1.165, 1.54) is 49.7 Å². The van der Waals surface area contributed by atoms with Gasteiger partial charge < -0.3 is 14.2 Å². The van der Waals surface area contributed by atoms with Gasteiger partial charge in [0.1, 0.15) is 5.75 Å². The molecule has 0 aliphatic heterocycles. The summed E-state index contributed by atoms with van der Waals surface area (Å²) in [5, 5.41) is 11.5. The van der Waals surface area contributed by atoms with Crippen LogP contribution in [0.15, 0.2) is 49.1 Å². The van der Waals surface area contributed by atoms with Crippen molar-refractivity contribution in [2.75, 3.05) is 0 Å². The van der Waals surface area contributed by atoms with Crippen LogP contribution in [0.2, 0.25) is 0 Å². The maximum atomic E-state index is 11.5. The quantitative estimate of drug-likeness (QED) is 0.483. The third-order valence-electron chi connectivity index (χ3n) is 8.16. The van der Waals surface area contributed by atoms with E-state index in [0.29, 0.717) is 23.9 Å². The molecule has 1 N–H and O–H groups in total. The molecule has 2 aromatic heterocycles. The Balaban J connectivity index is 1.13. The van der Waals surface area contributed by atoms with Gasteiger partial charge in [0.2, 0.25) is 0 Å². The average molecular weight is 431 g/mol. The topological polar surface area (TPSA) is 46.8 Å². The highest BCUT2D eigenvalue weighted by Crippen LogP contribution is 2.48. The maximum Gasteiger partial charge on any atom is 0.119 e. The molecule has 6 rings (SSSR count). The largest absolute Gasteiger partial charge is 0.490 e. The molecule has 32 heavy (non-hydrogen) atoms. The van der Waals surface area contributed by atoms with Gasteiger partial charge in [-0.3, -0.25) is 0 Å². The number of aliphatic hydroxyl groups is 1. The number of hydrogen-bond acceptors (Lipinski definition) is 3. The average Bonchev–Trinajstić information content (AvgIpc) is 3.34. The first kappa shape index (κ1) is 20.3. The molecular weight excluding hydrogens is 396 g/mol. The smallest absolute Gasteiger partial charge is 0.119 e. The first-order valence-electron chi connectivity index (χ1n) is 12.7. The van der Waals surface area contributed by atoms with Crippen LogP contribution < -0.4 is 4.74 Å². The molecule has 1 aromatic carbocycles. The van der Waals surface area contributed by atoms with Crippen LogP contribution in [0.3, 0.4) is 0 Å². The summed E-state index contributed by atoms with van der Waals surface area (Å²) in [6, 6.07) is 11.1. The molecule has 0 saturated heterocycles. The summed E-state index contributed by atoms with van der Waals surface area (Å²) in [6.07, 6.45) is 17.8. The van der Waals surface area contributed by atoms with E-state index in [4.69, 9.17) is 4.74 Å². The van der Waals surface area contributed by atoms with Gasteiger partial charge in [-0.1, -0.05) is 12.1 Å². The van der Waals surface area contributed by atoms with Crippen LogP contribution in [0, 0.1) is 5.92 Å². The van der Waals surface area contributed by atoms with Gasteiger partial charge in [-0.15, -0.1) is 0 Å². The molecule has 0 unspecified atom stereocenters. The van der Waals surface area contributed by atoms with E-state index in [-0.39, 0.29) is 0 Å². The Morgan fingerprint density at radius 2 is 1.59 bits per heavy atom. The summed E-state index contributed by atoms with van der Waals surface area (Å²) < 4.78 is 8.20. The molecular formula is C28H34N2O2. The van der Waals surface area contributed by atoms with Gasteiger partial charge in [-0.25, -0.2) is 4.98 Å². The zero-order valence-electron chi connectivity index (χ0n) is 18.8. The van der Waals surface area contributed by atoms with E-state index in [2.05, 4.69) is 45.9 Å². The lowest BCUT2D eigenvalue weighted by atomic mass is 9.75. The second-order valence-electron chi connectivity index (χ2n) is 10.3. The van der Waals surface area contributed by atoms with Gasteiger partial charge in [-0.2, -0.15) is 0 Å². The number of pyridine rings is 1. The third-order valence-corrected chi connectivity index (χ3v) is 8.16. The molecule has 2 heterocycles. The molecule has 3 saturated carbocycles. The normalized spacial score (nSPS) is 25.3. The number of imidazole rings is 1. The Bertz CT molecular complexity index is 1050. The van der Waals surface area contributed by atoms with Crippen LogP contribution in [0.4, 0.5) is 0 Å². The van der Waals surface area contributed by atoms with Crippen LogP contribution in [0.5, 0.6) is 5.75 Å². The predicted octanol–water partition coefficient (Wildman–Crippen LogP) is 6.54. The van der Waals surface area contributed by atoms with E-state index >= 15 is 0 Å². The van der Waals surface area contributed by atoms with Crippen LogP contribution in [0.25, 0.3) is 5.52 Å². The van der Waals surface area contributed by atoms with Crippen molar-refractivity contribution in [3.05, 3.63) is 65.7 Å². The predicted molar refractivity (Wildman–Crippen MR) is 126 cm³/mol. The van der Waals surface area contributed by atoms with Gasteiger partial charge in [-0.05, 0) is 111 Å². The Hall–Kier alpha value is -2.33.